The fourth-order valence-electron chi connectivity index (χ4n) is 1.68. The van der Waals surface area contributed by atoms with Gasteiger partial charge in [-0.15, -0.1) is 0 Å². The Kier molecular flexibility index (Phi) is 4.57. The Balaban J connectivity index is 2.43. The molecule has 20 heavy (non-hydrogen) atoms. The molecular weight excluding hydrogens is 280 g/mol. The van der Waals surface area contributed by atoms with Gasteiger partial charge in [0.2, 0.25) is 11.2 Å². The zero-order chi connectivity index (χ0) is 14.5. The van der Waals surface area contributed by atoms with Crippen LogP contribution >= 0.6 is 11.6 Å². The van der Waals surface area contributed by atoms with Gasteiger partial charge in [-0.25, -0.2) is 0 Å². The Labute approximate surface area is 121 Å². The molecule has 0 atom stereocenters. The Hall–Kier alpha value is -2.08. The summed E-state index contributed by atoms with van der Waals surface area (Å²) in [6.45, 7) is 4.91. The molecule has 6 nitrogen and oxygen atoms in total. The highest BCUT2D eigenvalue weighted by molar-refractivity contribution is 6.28. The molecule has 7 heteroatoms. The van der Waals surface area contributed by atoms with E-state index in [0.717, 1.165) is 5.56 Å². The molecule has 0 saturated carbocycles. The lowest BCUT2D eigenvalue weighted by Crippen LogP contribution is -2.01. The summed E-state index contributed by atoms with van der Waals surface area (Å²) in [6, 6.07) is 5.41. The third-order valence-electron chi connectivity index (χ3n) is 2.43. The maximum atomic E-state index is 5.78. The fourth-order valence-corrected chi connectivity index (χ4v) is 1.85. The van der Waals surface area contributed by atoms with Crippen LogP contribution in [-0.2, 0) is 0 Å². The van der Waals surface area contributed by atoms with Crippen LogP contribution in [0.5, 0.6) is 11.5 Å². The summed E-state index contributed by atoms with van der Waals surface area (Å²) in [5.74, 6) is 1.77. The first-order valence-corrected chi connectivity index (χ1v) is 6.59. The second kappa shape index (κ2) is 6.38. The fraction of sp³-hybridized carbons (Fsp3) is 0.308. The highest BCUT2D eigenvalue weighted by Gasteiger charge is 2.11. The molecule has 0 fully saturated rings. The average Bonchev–Trinajstić information content (AvgIpc) is 2.40. The normalized spacial score (nSPS) is 10.3. The lowest BCUT2D eigenvalue weighted by molar-refractivity contribution is 0.288. The van der Waals surface area contributed by atoms with Crippen LogP contribution in [0.3, 0.4) is 0 Å². The van der Waals surface area contributed by atoms with Crippen molar-refractivity contribution in [1.82, 2.24) is 15.0 Å². The van der Waals surface area contributed by atoms with Crippen molar-refractivity contribution in [2.75, 3.05) is 18.9 Å². The van der Waals surface area contributed by atoms with Gasteiger partial charge in [-0.05, 0) is 43.6 Å². The number of aromatic nitrogens is 3. The van der Waals surface area contributed by atoms with Crippen LogP contribution in [0.25, 0.3) is 11.4 Å². The van der Waals surface area contributed by atoms with Crippen molar-refractivity contribution in [3.63, 3.8) is 0 Å². The minimum Gasteiger partial charge on any atom is -0.490 e. The summed E-state index contributed by atoms with van der Waals surface area (Å²) < 4.78 is 11.1. The molecule has 0 saturated heterocycles. The molecule has 0 aliphatic heterocycles. The average molecular weight is 295 g/mol. The predicted octanol–water partition coefficient (Wildman–Crippen LogP) is 2.57. The van der Waals surface area contributed by atoms with Gasteiger partial charge in [0.25, 0.3) is 0 Å². The summed E-state index contributed by atoms with van der Waals surface area (Å²) in [4.78, 5) is 11.8. The predicted molar refractivity (Wildman–Crippen MR) is 77.0 cm³/mol. The van der Waals surface area contributed by atoms with Gasteiger partial charge in [0, 0.05) is 5.56 Å². The molecule has 2 rings (SSSR count). The third-order valence-corrected chi connectivity index (χ3v) is 2.60. The lowest BCUT2D eigenvalue weighted by atomic mass is 10.2. The second-order valence-electron chi connectivity index (χ2n) is 3.81. The summed E-state index contributed by atoms with van der Waals surface area (Å²) in [6.07, 6.45) is 0. The molecule has 0 bridgehead atoms. The van der Waals surface area contributed by atoms with Gasteiger partial charge in [-0.3, -0.25) is 0 Å². The molecule has 0 aliphatic carbocycles. The van der Waals surface area contributed by atoms with Gasteiger partial charge in [0.15, 0.2) is 17.3 Å². The van der Waals surface area contributed by atoms with Gasteiger partial charge in [-0.2, -0.15) is 15.0 Å². The van der Waals surface area contributed by atoms with Crippen molar-refractivity contribution in [2.24, 2.45) is 0 Å². The number of nitrogens with two attached hydrogens (primary N) is 1. The van der Waals surface area contributed by atoms with E-state index in [0.29, 0.717) is 30.5 Å². The van der Waals surface area contributed by atoms with Gasteiger partial charge < -0.3 is 15.2 Å². The zero-order valence-electron chi connectivity index (χ0n) is 11.3. The van der Waals surface area contributed by atoms with E-state index in [1.165, 1.54) is 0 Å². The van der Waals surface area contributed by atoms with Crippen molar-refractivity contribution in [1.29, 1.82) is 0 Å². The number of anilines is 1. The minimum atomic E-state index is 0.0549. The van der Waals surface area contributed by atoms with Gasteiger partial charge in [0.1, 0.15) is 0 Å². The first kappa shape index (κ1) is 14.3. The van der Waals surface area contributed by atoms with Crippen LogP contribution in [0.1, 0.15) is 13.8 Å². The first-order chi connectivity index (χ1) is 9.63. The van der Waals surface area contributed by atoms with Crippen molar-refractivity contribution in [2.45, 2.75) is 13.8 Å². The standard InChI is InChI=1S/C13H15ClN4O2/c1-3-19-9-6-5-8(7-10(9)20-4-2)11-16-12(14)18-13(15)17-11/h5-7H,3-4H2,1-2H3,(H2,15,16,17,18). The number of benzene rings is 1. The molecule has 1 aromatic carbocycles. The van der Waals surface area contributed by atoms with Crippen LogP contribution < -0.4 is 15.2 Å². The van der Waals surface area contributed by atoms with E-state index < -0.39 is 0 Å². The molecule has 0 radical (unpaired) electrons. The summed E-state index contributed by atoms with van der Waals surface area (Å²) >= 11 is 5.78. The van der Waals surface area contributed by atoms with Crippen LogP contribution in [0, 0.1) is 0 Å². The summed E-state index contributed by atoms with van der Waals surface area (Å²) in [7, 11) is 0. The van der Waals surface area contributed by atoms with E-state index in [2.05, 4.69) is 15.0 Å². The maximum Gasteiger partial charge on any atom is 0.227 e. The van der Waals surface area contributed by atoms with Crippen LogP contribution in [0.2, 0.25) is 5.28 Å². The third kappa shape index (κ3) is 3.27. The molecule has 0 aliphatic rings. The van der Waals surface area contributed by atoms with Crippen molar-refractivity contribution >= 4 is 17.5 Å². The topological polar surface area (TPSA) is 83.2 Å². The smallest absolute Gasteiger partial charge is 0.227 e. The second-order valence-corrected chi connectivity index (χ2v) is 4.15. The number of hydrogen-bond acceptors (Lipinski definition) is 6. The Morgan fingerprint density at radius 3 is 2.40 bits per heavy atom. The SMILES string of the molecule is CCOc1ccc(-c2nc(N)nc(Cl)n2)cc1OCC. The van der Waals surface area contributed by atoms with Crippen molar-refractivity contribution < 1.29 is 9.47 Å². The molecule has 1 heterocycles. The van der Waals surface area contributed by atoms with E-state index in [1.54, 1.807) is 12.1 Å². The molecule has 2 aromatic rings. The maximum absolute atomic E-state index is 5.78. The van der Waals surface area contributed by atoms with E-state index in [4.69, 9.17) is 26.8 Å². The number of ether oxygens (including phenoxy) is 2. The van der Waals surface area contributed by atoms with E-state index in [1.807, 2.05) is 19.9 Å². The number of hydrogen-bond donors (Lipinski definition) is 1. The monoisotopic (exact) mass is 294 g/mol. The van der Waals surface area contributed by atoms with Gasteiger partial charge >= 0.3 is 0 Å². The van der Waals surface area contributed by atoms with E-state index >= 15 is 0 Å². The Morgan fingerprint density at radius 1 is 1.05 bits per heavy atom. The molecular formula is C13H15ClN4O2. The number of nitrogen functional groups attached to an aromatic ring is 1. The summed E-state index contributed by atoms with van der Waals surface area (Å²) in [5, 5.41) is 0.0549. The van der Waals surface area contributed by atoms with Crippen LogP contribution in [0.4, 0.5) is 5.95 Å². The largest absolute Gasteiger partial charge is 0.490 e. The van der Waals surface area contributed by atoms with Gasteiger partial charge in [-0.1, -0.05) is 0 Å². The molecule has 1 aromatic heterocycles. The lowest BCUT2D eigenvalue weighted by Gasteiger charge is -2.12. The first-order valence-electron chi connectivity index (χ1n) is 6.21. The van der Waals surface area contributed by atoms with E-state index in [9.17, 15) is 0 Å². The minimum absolute atomic E-state index is 0.0549. The van der Waals surface area contributed by atoms with Gasteiger partial charge in [0.05, 0.1) is 13.2 Å². The molecule has 2 N–H and O–H groups in total. The molecule has 0 spiro atoms. The zero-order valence-corrected chi connectivity index (χ0v) is 12.0. The van der Waals surface area contributed by atoms with Crippen molar-refractivity contribution in [3.8, 4) is 22.9 Å². The highest BCUT2D eigenvalue weighted by Crippen LogP contribution is 2.32. The van der Waals surface area contributed by atoms with E-state index in [-0.39, 0.29) is 11.2 Å². The van der Waals surface area contributed by atoms with Crippen molar-refractivity contribution in [3.05, 3.63) is 23.5 Å². The molecule has 0 unspecified atom stereocenters. The highest BCUT2D eigenvalue weighted by atomic mass is 35.5. The molecule has 106 valence electrons. The summed E-state index contributed by atoms with van der Waals surface area (Å²) in [5.41, 5.74) is 6.30. The Bertz CT molecular complexity index is 587. The quantitative estimate of drug-likeness (QED) is 0.912. The molecule has 0 amide bonds. The number of halogens is 1. The van der Waals surface area contributed by atoms with Crippen LogP contribution in [-0.4, -0.2) is 28.2 Å². The van der Waals surface area contributed by atoms with Crippen LogP contribution in [0.15, 0.2) is 18.2 Å². The number of rotatable bonds is 5. The number of nitrogens with zero attached hydrogens (tertiary/aromatic N) is 3. The Morgan fingerprint density at radius 2 is 1.75 bits per heavy atom.